The number of aliphatic imine (C=N–C) groups is 1. The molecule has 1 N–H and O–H groups in total. The van der Waals surface area contributed by atoms with Gasteiger partial charge in [-0.15, -0.1) is 0 Å². The third-order valence-electron chi connectivity index (χ3n) is 3.21. The molecule has 1 saturated heterocycles. The van der Waals surface area contributed by atoms with Gasteiger partial charge in [-0.25, -0.2) is 4.99 Å². The lowest BCUT2D eigenvalue weighted by Gasteiger charge is -2.03. The van der Waals surface area contributed by atoms with Crippen LogP contribution in [0.5, 0.6) is 5.75 Å². The van der Waals surface area contributed by atoms with E-state index in [1.54, 1.807) is 31.4 Å². The van der Waals surface area contributed by atoms with E-state index < -0.39 is 0 Å². The Morgan fingerprint density at radius 3 is 2.79 bits per heavy atom. The average Bonchev–Trinajstić information content (AvgIpc) is 2.91. The van der Waals surface area contributed by atoms with E-state index in [4.69, 9.17) is 27.9 Å². The maximum Gasteiger partial charge on any atom is 0.264 e. The second kappa shape index (κ2) is 7.30. The largest absolute Gasteiger partial charge is 0.496 e. The van der Waals surface area contributed by atoms with Crippen LogP contribution in [0.25, 0.3) is 6.08 Å². The molecule has 1 aliphatic heterocycles. The first-order chi connectivity index (χ1) is 11.6. The van der Waals surface area contributed by atoms with Crippen LogP contribution in [0.2, 0.25) is 10.0 Å². The smallest absolute Gasteiger partial charge is 0.264 e. The zero-order valence-corrected chi connectivity index (χ0v) is 14.9. The number of thioether (sulfide) groups is 1. The summed E-state index contributed by atoms with van der Waals surface area (Å²) >= 11 is 13.3. The van der Waals surface area contributed by atoms with Crippen LogP contribution >= 0.6 is 35.0 Å². The molecule has 2 aromatic rings. The summed E-state index contributed by atoms with van der Waals surface area (Å²) in [6, 6.07) is 12.5. The number of benzene rings is 2. The van der Waals surface area contributed by atoms with Crippen LogP contribution in [0.3, 0.4) is 0 Å². The Labute approximate surface area is 153 Å². The maximum atomic E-state index is 12.1. The van der Waals surface area contributed by atoms with Gasteiger partial charge in [-0.3, -0.25) is 4.79 Å². The Hall–Kier alpha value is -1.95. The zero-order chi connectivity index (χ0) is 17.1. The van der Waals surface area contributed by atoms with Gasteiger partial charge in [0.1, 0.15) is 5.75 Å². The highest BCUT2D eigenvalue weighted by atomic mass is 35.5. The van der Waals surface area contributed by atoms with Gasteiger partial charge in [-0.2, -0.15) is 0 Å². The summed E-state index contributed by atoms with van der Waals surface area (Å²) in [5, 5.41) is 4.16. The molecule has 0 aliphatic carbocycles. The molecule has 1 heterocycles. The molecule has 3 rings (SSSR count). The molecule has 1 fully saturated rings. The number of hydrogen-bond acceptors (Lipinski definition) is 4. The maximum absolute atomic E-state index is 12.1. The summed E-state index contributed by atoms with van der Waals surface area (Å²) in [6.07, 6.45) is 1.76. The van der Waals surface area contributed by atoms with Gasteiger partial charge in [0.25, 0.3) is 5.91 Å². The lowest BCUT2D eigenvalue weighted by molar-refractivity contribution is -0.115. The lowest BCUT2D eigenvalue weighted by Crippen LogP contribution is -2.19. The Morgan fingerprint density at radius 2 is 2.00 bits per heavy atom. The summed E-state index contributed by atoms with van der Waals surface area (Å²) in [5.74, 6) is 0.476. The third-order valence-corrected chi connectivity index (χ3v) is 4.67. The van der Waals surface area contributed by atoms with Gasteiger partial charge in [0.15, 0.2) is 5.17 Å². The summed E-state index contributed by atoms with van der Waals surface area (Å²) < 4.78 is 5.29. The second-order valence-electron chi connectivity index (χ2n) is 4.82. The Bertz CT molecular complexity index is 865. The minimum Gasteiger partial charge on any atom is -0.496 e. The van der Waals surface area contributed by atoms with Crippen molar-refractivity contribution in [3.05, 3.63) is 63.0 Å². The molecule has 0 radical (unpaired) electrons. The molecule has 122 valence electrons. The van der Waals surface area contributed by atoms with E-state index in [-0.39, 0.29) is 5.91 Å². The van der Waals surface area contributed by atoms with Crippen molar-refractivity contribution in [2.24, 2.45) is 4.99 Å². The van der Waals surface area contributed by atoms with Crippen LogP contribution in [0.15, 0.2) is 52.4 Å². The standard InChI is InChI=1S/C17H12Cl2N2O2S/c1-23-14-5-3-2-4-10(14)8-15-16(22)21-17(24-15)20-13-9-11(18)6-7-12(13)19/h2-9H,1H3,(H,20,21,22)/b15-8+. The number of carbonyl (C=O) groups excluding carboxylic acids is 1. The van der Waals surface area contributed by atoms with E-state index >= 15 is 0 Å². The number of ether oxygens (including phenoxy) is 1. The predicted molar refractivity (Wildman–Crippen MR) is 100 cm³/mol. The van der Waals surface area contributed by atoms with E-state index in [1.165, 1.54) is 11.8 Å². The van der Waals surface area contributed by atoms with E-state index in [0.29, 0.717) is 31.6 Å². The molecule has 0 bridgehead atoms. The number of amides is 1. The van der Waals surface area contributed by atoms with Crippen LogP contribution in [-0.4, -0.2) is 18.2 Å². The van der Waals surface area contributed by atoms with Crippen molar-refractivity contribution in [1.82, 2.24) is 5.32 Å². The van der Waals surface area contributed by atoms with Crippen molar-refractivity contribution in [2.75, 3.05) is 7.11 Å². The van der Waals surface area contributed by atoms with Crippen molar-refractivity contribution in [2.45, 2.75) is 0 Å². The van der Waals surface area contributed by atoms with Crippen LogP contribution in [-0.2, 0) is 4.79 Å². The van der Waals surface area contributed by atoms with Crippen molar-refractivity contribution in [3.63, 3.8) is 0 Å². The van der Waals surface area contributed by atoms with Gasteiger partial charge in [-0.05, 0) is 42.1 Å². The summed E-state index contributed by atoms with van der Waals surface area (Å²) in [4.78, 5) is 17.0. The van der Waals surface area contributed by atoms with Gasteiger partial charge in [0.2, 0.25) is 0 Å². The number of para-hydroxylation sites is 1. The first-order valence-corrected chi connectivity index (χ1v) is 8.52. The fourth-order valence-electron chi connectivity index (χ4n) is 2.09. The number of hydrogen-bond donors (Lipinski definition) is 1. The molecular weight excluding hydrogens is 367 g/mol. The van der Waals surface area contributed by atoms with E-state index in [9.17, 15) is 4.79 Å². The highest BCUT2D eigenvalue weighted by molar-refractivity contribution is 8.18. The molecule has 1 aliphatic rings. The molecular formula is C17H12Cl2N2O2S. The minimum atomic E-state index is -0.220. The number of carbonyl (C=O) groups is 1. The van der Waals surface area contributed by atoms with Crippen LogP contribution in [0, 0.1) is 0 Å². The third kappa shape index (κ3) is 3.75. The molecule has 24 heavy (non-hydrogen) atoms. The summed E-state index contributed by atoms with van der Waals surface area (Å²) in [6.45, 7) is 0. The number of halogens is 2. The van der Waals surface area contributed by atoms with E-state index in [2.05, 4.69) is 10.3 Å². The van der Waals surface area contributed by atoms with Gasteiger partial charge in [0, 0.05) is 10.6 Å². The molecule has 0 unspecified atom stereocenters. The molecule has 0 aromatic heterocycles. The highest BCUT2D eigenvalue weighted by Gasteiger charge is 2.24. The van der Waals surface area contributed by atoms with Crippen LogP contribution < -0.4 is 10.1 Å². The van der Waals surface area contributed by atoms with E-state index in [0.717, 1.165) is 5.56 Å². The number of methoxy groups -OCH3 is 1. The SMILES string of the molecule is COc1ccccc1/C=C1/SC(=Nc2cc(Cl)ccc2Cl)NC1=O. The normalized spacial score (nSPS) is 17.4. The van der Waals surface area contributed by atoms with Crippen molar-refractivity contribution in [1.29, 1.82) is 0 Å². The number of rotatable bonds is 3. The number of amidine groups is 1. The van der Waals surface area contributed by atoms with Crippen molar-refractivity contribution >= 4 is 57.8 Å². The molecule has 0 saturated carbocycles. The summed E-state index contributed by atoms with van der Waals surface area (Å²) in [7, 11) is 1.59. The number of nitrogens with zero attached hydrogens (tertiary/aromatic N) is 1. The molecule has 1 amide bonds. The fraction of sp³-hybridized carbons (Fsp3) is 0.0588. The Morgan fingerprint density at radius 1 is 1.21 bits per heavy atom. The van der Waals surface area contributed by atoms with Gasteiger partial charge >= 0.3 is 0 Å². The lowest BCUT2D eigenvalue weighted by atomic mass is 10.2. The minimum absolute atomic E-state index is 0.220. The molecule has 2 aromatic carbocycles. The highest BCUT2D eigenvalue weighted by Crippen LogP contribution is 2.33. The molecule has 7 heteroatoms. The zero-order valence-electron chi connectivity index (χ0n) is 12.5. The molecule has 4 nitrogen and oxygen atoms in total. The van der Waals surface area contributed by atoms with Gasteiger partial charge < -0.3 is 10.1 Å². The Balaban J connectivity index is 1.89. The van der Waals surface area contributed by atoms with Crippen LogP contribution in [0.4, 0.5) is 5.69 Å². The quantitative estimate of drug-likeness (QED) is 0.773. The monoisotopic (exact) mass is 378 g/mol. The van der Waals surface area contributed by atoms with Crippen molar-refractivity contribution in [3.8, 4) is 5.75 Å². The predicted octanol–water partition coefficient (Wildman–Crippen LogP) is 4.89. The van der Waals surface area contributed by atoms with Gasteiger partial charge in [-0.1, -0.05) is 41.4 Å². The summed E-state index contributed by atoms with van der Waals surface area (Å²) in [5.41, 5.74) is 1.32. The first-order valence-electron chi connectivity index (χ1n) is 6.94. The molecule has 0 spiro atoms. The van der Waals surface area contributed by atoms with Crippen LogP contribution in [0.1, 0.15) is 5.56 Å². The molecule has 0 atom stereocenters. The van der Waals surface area contributed by atoms with E-state index in [1.807, 2.05) is 24.3 Å². The number of nitrogens with one attached hydrogen (secondary N) is 1. The second-order valence-corrected chi connectivity index (χ2v) is 6.69. The fourth-order valence-corrected chi connectivity index (χ4v) is 3.24. The van der Waals surface area contributed by atoms with Gasteiger partial charge in [0.05, 0.1) is 22.7 Å². The Kier molecular flexibility index (Phi) is 5.14. The first kappa shape index (κ1) is 16.9. The van der Waals surface area contributed by atoms with Crippen molar-refractivity contribution < 1.29 is 9.53 Å². The topological polar surface area (TPSA) is 50.7 Å². The average molecular weight is 379 g/mol.